The van der Waals surface area contributed by atoms with Crippen LogP contribution in [0.2, 0.25) is 0 Å². The van der Waals surface area contributed by atoms with Crippen LogP contribution >= 0.6 is 0 Å². The van der Waals surface area contributed by atoms with Crippen LogP contribution in [0.15, 0.2) is 12.2 Å². The van der Waals surface area contributed by atoms with Crippen LogP contribution in [0.25, 0.3) is 0 Å². The lowest BCUT2D eigenvalue weighted by Crippen LogP contribution is -2.38. The Hall–Kier alpha value is -0.870. The number of ether oxygens (including phenoxy) is 2. The second-order valence-electron chi connectivity index (χ2n) is 5.17. The maximum absolute atomic E-state index is 11.2. The van der Waals surface area contributed by atoms with E-state index in [0.717, 1.165) is 25.8 Å². The van der Waals surface area contributed by atoms with Crippen molar-refractivity contribution < 1.29 is 14.3 Å². The predicted molar refractivity (Wildman–Crippen MR) is 69.3 cm³/mol. The van der Waals surface area contributed by atoms with Crippen molar-refractivity contribution in [1.82, 2.24) is 5.32 Å². The number of piperidine rings is 1. The van der Waals surface area contributed by atoms with Gasteiger partial charge in [-0.15, -0.1) is 0 Å². The fourth-order valence-corrected chi connectivity index (χ4v) is 2.74. The van der Waals surface area contributed by atoms with E-state index in [4.69, 9.17) is 9.47 Å². The number of nitrogens with one attached hydrogen (secondary N) is 1. The van der Waals surface area contributed by atoms with Gasteiger partial charge in [-0.2, -0.15) is 0 Å². The molecule has 0 amide bonds. The van der Waals surface area contributed by atoms with Gasteiger partial charge in [-0.25, -0.2) is 4.79 Å². The van der Waals surface area contributed by atoms with Gasteiger partial charge >= 0.3 is 5.97 Å². The van der Waals surface area contributed by atoms with Crippen LogP contribution in [-0.4, -0.2) is 37.9 Å². The first-order valence-electron chi connectivity index (χ1n) is 6.91. The van der Waals surface area contributed by atoms with Crippen molar-refractivity contribution in [1.29, 1.82) is 0 Å². The highest BCUT2D eigenvalue weighted by atomic mass is 16.5. The largest absolute Gasteiger partial charge is 0.459 e. The van der Waals surface area contributed by atoms with Crippen LogP contribution in [-0.2, 0) is 14.3 Å². The van der Waals surface area contributed by atoms with Gasteiger partial charge in [0.15, 0.2) is 0 Å². The van der Waals surface area contributed by atoms with Crippen LogP contribution in [0.1, 0.15) is 38.5 Å². The number of hydrogen-bond donors (Lipinski definition) is 1. The van der Waals surface area contributed by atoms with E-state index in [0.29, 0.717) is 6.04 Å². The quantitative estimate of drug-likeness (QED) is 0.759. The van der Waals surface area contributed by atoms with Gasteiger partial charge in [0.05, 0.1) is 6.10 Å². The van der Waals surface area contributed by atoms with Crippen molar-refractivity contribution in [2.75, 3.05) is 13.7 Å². The molecule has 4 heteroatoms. The number of esters is 1. The molecule has 18 heavy (non-hydrogen) atoms. The summed E-state index contributed by atoms with van der Waals surface area (Å²) in [6.07, 6.45) is 9.96. The molecule has 0 aromatic carbocycles. The van der Waals surface area contributed by atoms with Gasteiger partial charge in [-0.3, -0.25) is 0 Å². The molecule has 1 N–H and O–H groups in total. The summed E-state index contributed by atoms with van der Waals surface area (Å²) in [7, 11) is 1.74. The predicted octanol–water partition coefficient (Wildman–Crippen LogP) is 1.80. The molecule has 2 aliphatic heterocycles. The Morgan fingerprint density at radius 1 is 1.50 bits per heavy atom. The Bertz CT molecular complexity index is 297. The monoisotopic (exact) mass is 253 g/mol. The molecule has 1 fully saturated rings. The van der Waals surface area contributed by atoms with Crippen molar-refractivity contribution in [2.24, 2.45) is 0 Å². The molecule has 0 unspecified atom stereocenters. The molecule has 2 rings (SSSR count). The van der Waals surface area contributed by atoms with Gasteiger partial charge in [0, 0.05) is 32.1 Å². The highest BCUT2D eigenvalue weighted by molar-refractivity contribution is 5.82. The number of rotatable bonds is 5. The van der Waals surface area contributed by atoms with Crippen LogP contribution in [0.4, 0.5) is 0 Å². The highest BCUT2D eigenvalue weighted by Gasteiger charge is 2.24. The lowest BCUT2D eigenvalue weighted by molar-refractivity contribution is -0.145. The average molecular weight is 253 g/mol. The molecule has 2 heterocycles. The minimum atomic E-state index is -0.225. The van der Waals surface area contributed by atoms with Gasteiger partial charge in [0.2, 0.25) is 0 Å². The first-order valence-corrected chi connectivity index (χ1v) is 6.91. The minimum Gasteiger partial charge on any atom is -0.459 e. The van der Waals surface area contributed by atoms with Gasteiger partial charge in [0.25, 0.3) is 0 Å². The van der Waals surface area contributed by atoms with Crippen molar-refractivity contribution in [2.45, 2.75) is 56.8 Å². The smallest absolute Gasteiger partial charge is 0.330 e. The van der Waals surface area contributed by atoms with E-state index in [9.17, 15) is 4.79 Å². The standard InChI is InChI=1S/C14H23NO3/c1-17-13(9-11-5-2-3-8-15-11)10-12-6-4-7-14(16)18-12/h4,7,11-13,15H,2-3,5-6,8-10H2,1H3/t11-,12-,13+/m1/s1. The zero-order valence-corrected chi connectivity index (χ0v) is 11.1. The molecule has 0 bridgehead atoms. The van der Waals surface area contributed by atoms with E-state index in [-0.39, 0.29) is 18.2 Å². The maximum Gasteiger partial charge on any atom is 0.330 e. The van der Waals surface area contributed by atoms with Crippen LogP contribution < -0.4 is 5.32 Å². The summed E-state index contributed by atoms with van der Waals surface area (Å²) in [5.74, 6) is -0.225. The van der Waals surface area contributed by atoms with Crippen LogP contribution in [0.5, 0.6) is 0 Å². The molecular formula is C14H23NO3. The molecule has 0 aliphatic carbocycles. The molecule has 3 atom stereocenters. The minimum absolute atomic E-state index is 0.0176. The highest BCUT2D eigenvalue weighted by Crippen LogP contribution is 2.20. The zero-order valence-electron chi connectivity index (χ0n) is 11.1. The molecule has 1 saturated heterocycles. The molecular weight excluding hydrogens is 230 g/mol. The fourth-order valence-electron chi connectivity index (χ4n) is 2.74. The zero-order chi connectivity index (χ0) is 12.8. The fraction of sp³-hybridized carbons (Fsp3) is 0.786. The third-order valence-corrected chi connectivity index (χ3v) is 3.75. The second-order valence-corrected chi connectivity index (χ2v) is 5.17. The number of hydrogen-bond acceptors (Lipinski definition) is 4. The Balaban J connectivity index is 1.77. The normalized spacial score (nSPS) is 29.9. The second kappa shape index (κ2) is 6.90. The topological polar surface area (TPSA) is 47.6 Å². The van der Waals surface area contributed by atoms with E-state index in [1.54, 1.807) is 7.11 Å². The molecule has 2 aliphatic rings. The summed E-state index contributed by atoms with van der Waals surface area (Å²) in [5.41, 5.74) is 0. The third-order valence-electron chi connectivity index (χ3n) is 3.75. The third kappa shape index (κ3) is 4.10. The molecule has 0 radical (unpaired) electrons. The van der Waals surface area contributed by atoms with E-state index in [1.807, 2.05) is 6.08 Å². The van der Waals surface area contributed by atoms with Gasteiger partial charge < -0.3 is 14.8 Å². The molecule has 0 spiro atoms. The summed E-state index contributed by atoms with van der Waals surface area (Å²) >= 11 is 0. The van der Waals surface area contributed by atoms with Crippen molar-refractivity contribution >= 4 is 5.97 Å². The summed E-state index contributed by atoms with van der Waals surface area (Å²) in [5, 5.41) is 3.53. The molecule has 0 aromatic rings. The van der Waals surface area contributed by atoms with Crippen molar-refractivity contribution in [3.8, 4) is 0 Å². The van der Waals surface area contributed by atoms with Gasteiger partial charge in [0.1, 0.15) is 6.10 Å². The Kier molecular flexibility index (Phi) is 5.20. The molecule has 0 aromatic heterocycles. The van der Waals surface area contributed by atoms with Crippen molar-refractivity contribution in [3.63, 3.8) is 0 Å². The van der Waals surface area contributed by atoms with E-state index >= 15 is 0 Å². The van der Waals surface area contributed by atoms with Crippen molar-refractivity contribution in [3.05, 3.63) is 12.2 Å². The lowest BCUT2D eigenvalue weighted by atomic mass is 9.95. The number of carbonyl (C=O) groups is 1. The number of carbonyl (C=O) groups excluding carboxylic acids is 1. The van der Waals surface area contributed by atoms with Crippen LogP contribution in [0.3, 0.4) is 0 Å². The summed E-state index contributed by atoms with van der Waals surface area (Å²) in [4.78, 5) is 11.2. The number of cyclic esters (lactones) is 1. The number of methoxy groups -OCH3 is 1. The lowest BCUT2D eigenvalue weighted by Gasteiger charge is -2.29. The van der Waals surface area contributed by atoms with E-state index < -0.39 is 0 Å². The summed E-state index contributed by atoms with van der Waals surface area (Å²) in [6.45, 7) is 1.11. The molecule has 0 saturated carbocycles. The molecule has 102 valence electrons. The summed E-state index contributed by atoms with van der Waals surface area (Å²) in [6, 6.07) is 0.554. The summed E-state index contributed by atoms with van der Waals surface area (Å²) < 4.78 is 10.8. The Labute approximate surface area is 109 Å². The SMILES string of the molecule is CO[C@@H](C[C@H]1CCCCN1)C[C@H]1CC=CC(=O)O1. The average Bonchev–Trinajstić information content (AvgIpc) is 2.39. The molecule has 4 nitrogen and oxygen atoms in total. The first-order chi connectivity index (χ1) is 8.78. The van der Waals surface area contributed by atoms with E-state index in [1.165, 1.54) is 25.3 Å². The van der Waals surface area contributed by atoms with E-state index in [2.05, 4.69) is 5.32 Å². The first kappa shape index (κ1) is 13.6. The van der Waals surface area contributed by atoms with Gasteiger partial charge in [-0.1, -0.05) is 12.5 Å². The maximum atomic E-state index is 11.2. The van der Waals surface area contributed by atoms with Gasteiger partial charge in [-0.05, 0) is 25.8 Å². The van der Waals surface area contributed by atoms with Crippen LogP contribution in [0, 0.1) is 0 Å². The Morgan fingerprint density at radius 3 is 3.06 bits per heavy atom. The Morgan fingerprint density at radius 2 is 2.39 bits per heavy atom.